The van der Waals surface area contributed by atoms with Crippen molar-refractivity contribution in [2.75, 3.05) is 9.80 Å². The monoisotopic (exact) mass is 1210 g/mol. The van der Waals surface area contributed by atoms with E-state index in [4.69, 9.17) is 4.98 Å². The van der Waals surface area contributed by atoms with Crippen LogP contribution in [0.5, 0.6) is 0 Å². The quantitative estimate of drug-likeness (QED) is 0.106. The topological polar surface area (TPSA) is 24.3 Å². The molecule has 0 fully saturated rings. The smallest absolute Gasteiger partial charge is 0.135 e. The standard InChI is InChI=1S/C74H75N4.Pt/c1-69(2,3)50-32-34-51(35-33-50)73(13,14)55-40-41-75-68(48-55)78-64-39-37-54(70(4,5)6)46-63(64)62-38-36-57(47-67(62)78)74(52-24-17-15-18-25-52,53-26-19-16-20-27-53)56-28-23-29-60(43-56)76-49-77(66-31-22-21-30-65(66)76)61-44-58(71(7,8)9)42-59(45-61)72(10,11)12;/h15-42,44-46,48-49H,1-14H3;/q-3;. The Bertz CT molecular complexity index is 3770. The van der Waals surface area contributed by atoms with Crippen LogP contribution >= 0.6 is 0 Å². The number of fused-ring (bicyclic) bond motifs is 4. The van der Waals surface area contributed by atoms with Crippen molar-refractivity contribution in [2.24, 2.45) is 0 Å². The molecule has 3 heterocycles. The van der Waals surface area contributed by atoms with Crippen molar-refractivity contribution < 1.29 is 21.1 Å². The molecular formula is C74H75N4Pt-3. The van der Waals surface area contributed by atoms with Gasteiger partial charge in [-0.05, 0) is 114 Å². The zero-order valence-electron chi connectivity index (χ0n) is 48.7. The molecule has 10 aromatic rings. The van der Waals surface area contributed by atoms with Crippen LogP contribution in [0.2, 0.25) is 0 Å². The van der Waals surface area contributed by atoms with Crippen LogP contribution in [-0.2, 0) is 53.6 Å². The molecule has 0 amide bonds. The second-order valence-electron chi connectivity index (χ2n) is 26.4. The van der Waals surface area contributed by atoms with Gasteiger partial charge in [-0.3, -0.25) is 0 Å². The van der Waals surface area contributed by atoms with Crippen molar-refractivity contribution in [3.05, 3.63) is 269 Å². The Morgan fingerprint density at radius 3 is 1.51 bits per heavy atom. The van der Waals surface area contributed by atoms with Crippen LogP contribution in [0.4, 0.5) is 22.7 Å². The summed E-state index contributed by atoms with van der Waals surface area (Å²) in [4.78, 5) is 9.91. The van der Waals surface area contributed by atoms with Gasteiger partial charge in [0.2, 0.25) is 0 Å². The summed E-state index contributed by atoms with van der Waals surface area (Å²) in [7, 11) is 0. The normalized spacial score (nSPS) is 13.5. The number of para-hydroxylation sites is 2. The molecule has 2 aromatic heterocycles. The first-order chi connectivity index (χ1) is 36.9. The molecule has 0 N–H and O–H groups in total. The van der Waals surface area contributed by atoms with Crippen LogP contribution in [-0.4, -0.2) is 9.55 Å². The molecule has 0 radical (unpaired) electrons. The molecule has 0 atom stereocenters. The van der Waals surface area contributed by atoms with E-state index in [9.17, 15) is 0 Å². The van der Waals surface area contributed by atoms with Gasteiger partial charge in [-0.25, -0.2) is 4.98 Å². The Morgan fingerprint density at radius 2 is 0.924 bits per heavy atom. The maximum atomic E-state index is 5.23. The van der Waals surface area contributed by atoms with E-state index in [0.29, 0.717) is 0 Å². The minimum atomic E-state index is -0.858. The van der Waals surface area contributed by atoms with Crippen molar-refractivity contribution in [1.82, 2.24) is 9.55 Å². The van der Waals surface area contributed by atoms with E-state index in [-0.39, 0.29) is 48.1 Å². The Morgan fingerprint density at radius 1 is 0.392 bits per heavy atom. The number of hydrogen-bond donors (Lipinski definition) is 0. The Kier molecular flexibility index (Phi) is 14.2. The fraction of sp³-hybridized carbons (Fsp3) is 0.270. The van der Waals surface area contributed by atoms with Crippen LogP contribution < -0.4 is 9.80 Å². The number of benzene rings is 8. The van der Waals surface area contributed by atoms with Crippen molar-refractivity contribution in [2.45, 2.75) is 129 Å². The molecule has 4 nitrogen and oxygen atoms in total. The predicted octanol–water partition coefficient (Wildman–Crippen LogP) is 19.1. The Hall–Kier alpha value is -7.00. The molecule has 8 aromatic carbocycles. The van der Waals surface area contributed by atoms with E-state index in [2.05, 4.69) is 318 Å². The van der Waals surface area contributed by atoms with Gasteiger partial charge in [-0.2, -0.15) is 42.5 Å². The van der Waals surface area contributed by atoms with E-state index in [1.807, 2.05) is 6.20 Å². The maximum absolute atomic E-state index is 5.23. The van der Waals surface area contributed by atoms with Crippen LogP contribution in [0.25, 0.3) is 27.6 Å². The third kappa shape index (κ3) is 9.98. The Balaban J connectivity index is 0.00000704. The van der Waals surface area contributed by atoms with Crippen LogP contribution in [0, 0.1) is 18.8 Å². The van der Waals surface area contributed by atoms with Gasteiger partial charge in [0.1, 0.15) is 5.82 Å². The number of pyridine rings is 1. The summed E-state index contributed by atoms with van der Waals surface area (Å²) in [6, 6.07) is 78.2. The van der Waals surface area contributed by atoms with E-state index in [0.717, 1.165) is 67.2 Å². The van der Waals surface area contributed by atoms with Gasteiger partial charge in [0, 0.05) is 60.7 Å². The molecule has 0 spiro atoms. The molecule has 1 aliphatic heterocycles. The average Bonchev–Trinajstić information content (AvgIpc) is 4.22. The molecule has 0 bridgehead atoms. The summed E-state index contributed by atoms with van der Waals surface area (Å²) in [6.45, 7) is 34.4. The summed E-state index contributed by atoms with van der Waals surface area (Å²) in [5.74, 6) is 0.859. The molecule has 0 saturated heterocycles. The maximum Gasteiger partial charge on any atom is 0.135 e. The minimum Gasteiger partial charge on any atom is -0.493 e. The minimum absolute atomic E-state index is 0. The van der Waals surface area contributed by atoms with Gasteiger partial charge in [0.25, 0.3) is 0 Å². The van der Waals surface area contributed by atoms with Gasteiger partial charge in [0.05, 0.1) is 0 Å². The zero-order valence-corrected chi connectivity index (χ0v) is 50.9. The number of anilines is 4. The van der Waals surface area contributed by atoms with Gasteiger partial charge in [-0.15, -0.1) is 28.9 Å². The number of nitrogens with zero attached hydrogens (tertiary/aromatic N) is 4. The van der Waals surface area contributed by atoms with E-state index in [1.54, 1.807) is 0 Å². The van der Waals surface area contributed by atoms with Crippen molar-refractivity contribution in [1.29, 1.82) is 0 Å². The third-order valence-corrected chi connectivity index (χ3v) is 16.5. The van der Waals surface area contributed by atoms with Crippen molar-refractivity contribution in [3.8, 4) is 5.82 Å². The van der Waals surface area contributed by atoms with E-state index < -0.39 is 5.41 Å². The molecule has 79 heavy (non-hydrogen) atoms. The summed E-state index contributed by atoms with van der Waals surface area (Å²) in [5.41, 5.74) is 17.2. The second-order valence-corrected chi connectivity index (χ2v) is 26.4. The molecule has 1 aliphatic rings. The fourth-order valence-electron chi connectivity index (χ4n) is 11.6. The fourth-order valence-corrected chi connectivity index (χ4v) is 11.6. The van der Waals surface area contributed by atoms with Gasteiger partial charge >= 0.3 is 0 Å². The predicted molar refractivity (Wildman–Crippen MR) is 329 cm³/mol. The Labute approximate surface area is 485 Å². The summed E-state index contributed by atoms with van der Waals surface area (Å²) >= 11 is 0. The summed E-state index contributed by atoms with van der Waals surface area (Å²) in [6.07, 6.45) is 1.99. The summed E-state index contributed by atoms with van der Waals surface area (Å²) < 4.78 is 2.36. The van der Waals surface area contributed by atoms with Crippen LogP contribution in [0.1, 0.15) is 153 Å². The van der Waals surface area contributed by atoms with Crippen LogP contribution in [0.15, 0.2) is 194 Å². The third-order valence-electron chi connectivity index (χ3n) is 16.5. The van der Waals surface area contributed by atoms with Crippen LogP contribution in [0.3, 0.4) is 0 Å². The summed E-state index contributed by atoms with van der Waals surface area (Å²) in [5, 5.41) is 2.31. The second kappa shape index (κ2) is 20.3. The van der Waals surface area contributed by atoms with Gasteiger partial charge in [-0.1, -0.05) is 218 Å². The first-order valence-corrected chi connectivity index (χ1v) is 27.9. The number of aromatic nitrogens is 2. The molecule has 5 heteroatoms. The SMILES string of the molecule is CC(C)(C)c1ccc(C(C)(C)c2ccnc(-n3c4[c-]c(C(c5[c-]c(N6[CH-]N(c7cc(C(C)(C)C)cc(C(C)(C)C)c7)c7ccccc76)ccc5)(c5ccccc5)c5ccccc5)ccc4c4cc(C(C)(C)C)ccc43)c2)cc1.[Pt]. The van der Waals surface area contributed by atoms with Crippen molar-refractivity contribution >= 4 is 44.6 Å². The van der Waals surface area contributed by atoms with E-state index >= 15 is 0 Å². The van der Waals surface area contributed by atoms with Gasteiger partial charge < -0.3 is 14.4 Å². The van der Waals surface area contributed by atoms with Gasteiger partial charge in [0.15, 0.2) is 0 Å². The van der Waals surface area contributed by atoms with Crippen molar-refractivity contribution in [3.63, 3.8) is 0 Å². The average molecular weight is 1220 g/mol. The number of rotatable bonds is 9. The first-order valence-electron chi connectivity index (χ1n) is 27.9. The zero-order chi connectivity index (χ0) is 55.2. The molecule has 0 unspecified atom stereocenters. The first kappa shape index (κ1) is 55.3. The molecule has 0 aliphatic carbocycles. The number of hydrogen-bond acceptors (Lipinski definition) is 3. The molecule has 0 saturated carbocycles. The molecule has 11 rings (SSSR count). The van der Waals surface area contributed by atoms with E-state index in [1.165, 1.54) is 38.8 Å². The molecule has 404 valence electrons. The largest absolute Gasteiger partial charge is 0.493 e. The molecular weight excluding hydrogens is 1140 g/mol.